The van der Waals surface area contributed by atoms with Gasteiger partial charge in [0.15, 0.2) is 0 Å². The summed E-state index contributed by atoms with van der Waals surface area (Å²) in [7, 11) is 0. The molecule has 2 aromatic heterocycles. The summed E-state index contributed by atoms with van der Waals surface area (Å²) in [6.45, 7) is 2.41. The van der Waals surface area contributed by atoms with Gasteiger partial charge in [0.05, 0.1) is 18.4 Å². The van der Waals surface area contributed by atoms with E-state index in [9.17, 15) is 13.2 Å². The maximum atomic E-state index is 12.7. The van der Waals surface area contributed by atoms with Crippen molar-refractivity contribution < 1.29 is 17.7 Å². The highest BCUT2D eigenvalue weighted by Crippen LogP contribution is 2.30. The quantitative estimate of drug-likeness (QED) is 0.609. The molecule has 154 valence electrons. The third-order valence-electron chi connectivity index (χ3n) is 5.31. The average Bonchev–Trinajstić information content (AvgIpc) is 3.39. The Morgan fingerprint density at radius 1 is 1.14 bits per heavy atom. The number of aryl methyl sites for hydroxylation is 1. The molecule has 0 aliphatic carbocycles. The summed E-state index contributed by atoms with van der Waals surface area (Å²) >= 11 is 0. The van der Waals surface area contributed by atoms with Gasteiger partial charge in [-0.2, -0.15) is 18.2 Å². The second-order valence-electron chi connectivity index (χ2n) is 7.30. The minimum Gasteiger partial charge on any atom is -0.338 e. The van der Waals surface area contributed by atoms with E-state index in [-0.39, 0.29) is 0 Å². The number of hydrogen-bond acceptors (Lipinski definition) is 5. The molecule has 1 aliphatic rings. The Hall–Kier alpha value is -2.68. The van der Waals surface area contributed by atoms with Crippen molar-refractivity contribution in [1.82, 2.24) is 24.6 Å². The van der Waals surface area contributed by atoms with Gasteiger partial charge < -0.3 is 9.09 Å². The molecule has 0 N–H and O–H groups in total. The fourth-order valence-electron chi connectivity index (χ4n) is 3.73. The van der Waals surface area contributed by atoms with Crippen LogP contribution in [0.2, 0.25) is 0 Å². The third-order valence-corrected chi connectivity index (χ3v) is 5.31. The summed E-state index contributed by atoms with van der Waals surface area (Å²) in [6.07, 6.45) is 5.65. The van der Waals surface area contributed by atoms with E-state index in [1.165, 1.54) is 18.6 Å². The third kappa shape index (κ3) is 4.84. The molecule has 3 aromatic rings. The Balaban J connectivity index is 1.40. The molecule has 0 bridgehead atoms. The number of hydrogen-bond donors (Lipinski definition) is 0. The summed E-state index contributed by atoms with van der Waals surface area (Å²) in [4.78, 5) is 10.8. The lowest BCUT2D eigenvalue weighted by Crippen LogP contribution is -2.39. The topological polar surface area (TPSA) is 60.0 Å². The van der Waals surface area contributed by atoms with Crippen molar-refractivity contribution in [2.75, 3.05) is 6.54 Å². The van der Waals surface area contributed by atoms with Gasteiger partial charge in [0, 0.05) is 30.5 Å². The molecule has 0 unspecified atom stereocenters. The molecule has 1 fully saturated rings. The average molecular weight is 405 g/mol. The molecule has 1 saturated heterocycles. The van der Waals surface area contributed by atoms with Gasteiger partial charge in [-0.05, 0) is 37.9 Å². The number of likely N-dealkylation sites (tertiary alicyclic amines) is 1. The summed E-state index contributed by atoms with van der Waals surface area (Å²) in [5.74, 6) is 0.787. The van der Waals surface area contributed by atoms with Crippen molar-refractivity contribution in [3.63, 3.8) is 0 Å². The molecular weight excluding hydrogens is 383 g/mol. The van der Waals surface area contributed by atoms with Crippen LogP contribution >= 0.6 is 0 Å². The normalized spacial score (nSPS) is 18.2. The van der Waals surface area contributed by atoms with E-state index >= 15 is 0 Å². The minimum absolute atomic E-state index is 0.306. The van der Waals surface area contributed by atoms with E-state index in [0.29, 0.717) is 29.9 Å². The van der Waals surface area contributed by atoms with Crippen molar-refractivity contribution in [1.29, 1.82) is 0 Å². The Bertz CT molecular complexity index is 905. The van der Waals surface area contributed by atoms with Gasteiger partial charge in [0.2, 0.25) is 11.7 Å². The van der Waals surface area contributed by atoms with Crippen LogP contribution in [0, 0.1) is 0 Å². The molecule has 0 saturated carbocycles. The first-order valence-electron chi connectivity index (χ1n) is 9.69. The fraction of sp³-hybridized carbons (Fsp3) is 0.450. The van der Waals surface area contributed by atoms with Gasteiger partial charge in [-0.1, -0.05) is 23.7 Å². The maximum absolute atomic E-state index is 12.7. The molecule has 1 aliphatic heterocycles. The van der Waals surface area contributed by atoms with Crippen molar-refractivity contribution in [3.8, 4) is 11.4 Å². The van der Waals surface area contributed by atoms with Crippen LogP contribution in [0.1, 0.15) is 37.1 Å². The van der Waals surface area contributed by atoms with Gasteiger partial charge in [-0.25, -0.2) is 4.98 Å². The van der Waals surface area contributed by atoms with E-state index in [2.05, 4.69) is 24.6 Å². The smallest absolute Gasteiger partial charge is 0.338 e. The fourth-order valence-corrected chi connectivity index (χ4v) is 3.73. The lowest BCUT2D eigenvalue weighted by Gasteiger charge is -2.34. The van der Waals surface area contributed by atoms with Crippen molar-refractivity contribution in [2.24, 2.45) is 0 Å². The zero-order valence-corrected chi connectivity index (χ0v) is 15.8. The molecule has 0 spiro atoms. The zero-order valence-electron chi connectivity index (χ0n) is 15.8. The zero-order chi connectivity index (χ0) is 20.3. The number of rotatable bonds is 6. The number of nitrogens with zero attached hydrogens (tertiary/aromatic N) is 5. The van der Waals surface area contributed by atoms with E-state index in [1.54, 1.807) is 6.20 Å². The second-order valence-corrected chi connectivity index (χ2v) is 7.30. The van der Waals surface area contributed by atoms with E-state index in [1.807, 2.05) is 12.5 Å². The highest BCUT2D eigenvalue weighted by atomic mass is 19.4. The summed E-state index contributed by atoms with van der Waals surface area (Å²) in [6, 6.07) is 5.22. The lowest BCUT2D eigenvalue weighted by molar-refractivity contribution is -0.137. The molecule has 3 heterocycles. The van der Waals surface area contributed by atoms with Crippen LogP contribution in [0.25, 0.3) is 11.4 Å². The van der Waals surface area contributed by atoms with Crippen LogP contribution in [-0.2, 0) is 19.3 Å². The first kappa shape index (κ1) is 19.6. The van der Waals surface area contributed by atoms with Crippen LogP contribution in [0.3, 0.4) is 0 Å². The predicted molar refractivity (Wildman–Crippen MR) is 99.6 cm³/mol. The molecule has 6 nitrogen and oxygen atoms in total. The van der Waals surface area contributed by atoms with Crippen molar-refractivity contribution in [3.05, 3.63) is 54.4 Å². The Labute approximate surface area is 166 Å². The van der Waals surface area contributed by atoms with Crippen LogP contribution in [0.4, 0.5) is 13.2 Å². The first-order chi connectivity index (χ1) is 14.0. The van der Waals surface area contributed by atoms with Gasteiger partial charge >= 0.3 is 6.18 Å². The second kappa shape index (κ2) is 8.36. The molecule has 1 aromatic carbocycles. The number of halogens is 3. The lowest BCUT2D eigenvalue weighted by atomic mass is 9.99. The SMILES string of the molecule is FC(F)(F)c1ccc(-c2noc(CN3CCCC[C@H]3CCn3ccnc3)n2)cc1. The molecule has 4 rings (SSSR count). The van der Waals surface area contributed by atoms with Crippen LogP contribution in [-0.4, -0.2) is 37.2 Å². The molecule has 0 amide bonds. The Kier molecular flexibility index (Phi) is 5.66. The van der Waals surface area contributed by atoms with Gasteiger partial charge in [-0.3, -0.25) is 4.90 Å². The largest absolute Gasteiger partial charge is 0.416 e. The van der Waals surface area contributed by atoms with E-state index in [0.717, 1.165) is 44.5 Å². The monoisotopic (exact) mass is 405 g/mol. The van der Waals surface area contributed by atoms with Crippen LogP contribution in [0.15, 0.2) is 47.5 Å². The predicted octanol–water partition coefficient (Wildman–Crippen LogP) is 4.40. The van der Waals surface area contributed by atoms with Crippen LogP contribution in [0.5, 0.6) is 0 Å². The molecule has 29 heavy (non-hydrogen) atoms. The number of alkyl halides is 3. The van der Waals surface area contributed by atoms with Gasteiger partial charge in [-0.15, -0.1) is 0 Å². The maximum Gasteiger partial charge on any atom is 0.416 e. The number of benzene rings is 1. The highest BCUT2D eigenvalue weighted by Gasteiger charge is 2.30. The van der Waals surface area contributed by atoms with E-state index in [4.69, 9.17) is 4.52 Å². The summed E-state index contributed by atoms with van der Waals surface area (Å²) < 4.78 is 45.6. The number of imidazole rings is 1. The van der Waals surface area contributed by atoms with Gasteiger partial charge in [0.1, 0.15) is 0 Å². The molecule has 9 heteroatoms. The Morgan fingerprint density at radius 2 is 1.97 bits per heavy atom. The molecule has 1 atom stereocenters. The number of aromatic nitrogens is 4. The van der Waals surface area contributed by atoms with Gasteiger partial charge in [0.25, 0.3) is 0 Å². The summed E-state index contributed by atoms with van der Waals surface area (Å²) in [5, 5.41) is 3.95. The molecular formula is C20H22F3N5O. The number of piperidine rings is 1. The highest BCUT2D eigenvalue weighted by molar-refractivity contribution is 5.54. The minimum atomic E-state index is -4.36. The molecule has 0 radical (unpaired) electrons. The van der Waals surface area contributed by atoms with Crippen molar-refractivity contribution in [2.45, 2.75) is 51.0 Å². The standard InChI is InChI=1S/C20H22F3N5O/c21-20(22,23)16-6-4-15(5-7-16)19-25-18(29-26-19)13-28-10-2-1-3-17(28)8-11-27-12-9-24-14-27/h4-7,9,12,14,17H,1-3,8,10-11,13H2/t17-/m0/s1. The summed E-state index contributed by atoms with van der Waals surface area (Å²) in [5.41, 5.74) is -0.192. The van der Waals surface area contributed by atoms with Crippen LogP contribution < -0.4 is 0 Å². The van der Waals surface area contributed by atoms with Crippen molar-refractivity contribution >= 4 is 0 Å². The Morgan fingerprint density at radius 3 is 2.69 bits per heavy atom. The first-order valence-corrected chi connectivity index (χ1v) is 9.69. The van der Waals surface area contributed by atoms with E-state index < -0.39 is 11.7 Å².